The van der Waals surface area contributed by atoms with E-state index in [1.165, 1.54) is 13.3 Å². The quantitative estimate of drug-likeness (QED) is 0.703. The maximum atomic E-state index is 12.6. The number of nitrogens with one attached hydrogen (secondary N) is 1. The van der Waals surface area contributed by atoms with Crippen molar-refractivity contribution in [1.29, 1.82) is 0 Å². The molecular formula is C20H20N4O3. The first-order valence-electron chi connectivity index (χ1n) is 8.43. The summed E-state index contributed by atoms with van der Waals surface area (Å²) < 4.78 is 6.52. The lowest BCUT2D eigenvalue weighted by atomic mass is 10.1. The Bertz CT molecular complexity index is 949. The number of carbonyl (C=O) groups excluding carboxylic acids is 2. The Labute approximate surface area is 157 Å². The highest BCUT2D eigenvalue weighted by atomic mass is 16.5. The van der Waals surface area contributed by atoms with E-state index in [9.17, 15) is 9.59 Å². The van der Waals surface area contributed by atoms with Gasteiger partial charge in [0.25, 0.3) is 5.91 Å². The second-order valence-corrected chi connectivity index (χ2v) is 6.08. The molecule has 0 radical (unpaired) electrons. The third-order valence-electron chi connectivity index (χ3n) is 4.08. The molecule has 0 saturated heterocycles. The molecule has 1 amide bonds. The van der Waals surface area contributed by atoms with Crippen molar-refractivity contribution in [2.45, 2.75) is 19.9 Å². The standard InChI is InChI=1S/C20H20N4O3/c1-13-11-14(2)24(23-13)17-10-9-16(12-21-17)19(25)22-18(20(26)27-3)15-7-5-4-6-8-15/h4-12,18H,1-3H3,(H,22,25). The van der Waals surface area contributed by atoms with Crippen molar-refractivity contribution in [1.82, 2.24) is 20.1 Å². The van der Waals surface area contributed by atoms with E-state index in [1.807, 2.05) is 26.0 Å². The number of esters is 1. The van der Waals surface area contributed by atoms with Crippen molar-refractivity contribution in [2.75, 3.05) is 7.11 Å². The third kappa shape index (κ3) is 4.03. The third-order valence-corrected chi connectivity index (χ3v) is 4.08. The molecule has 1 unspecified atom stereocenters. The molecule has 0 spiro atoms. The van der Waals surface area contributed by atoms with Gasteiger partial charge in [-0.25, -0.2) is 14.5 Å². The van der Waals surface area contributed by atoms with E-state index in [0.29, 0.717) is 16.9 Å². The van der Waals surface area contributed by atoms with Crippen LogP contribution in [0.1, 0.15) is 33.4 Å². The van der Waals surface area contributed by atoms with Gasteiger partial charge in [0.05, 0.1) is 18.4 Å². The Morgan fingerprint density at radius 2 is 1.85 bits per heavy atom. The van der Waals surface area contributed by atoms with Gasteiger partial charge in [-0.15, -0.1) is 0 Å². The van der Waals surface area contributed by atoms with Gasteiger partial charge in [0.2, 0.25) is 0 Å². The van der Waals surface area contributed by atoms with Gasteiger partial charge in [-0.2, -0.15) is 5.10 Å². The summed E-state index contributed by atoms with van der Waals surface area (Å²) in [5.41, 5.74) is 2.82. The highest BCUT2D eigenvalue weighted by Gasteiger charge is 2.24. The molecule has 0 aliphatic heterocycles. The van der Waals surface area contributed by atoms with Crippen LogP contribution in [0.15, 0.2) is 54.7 Å². The molecule has 3 rings (SSSR count). The first-order valence-corrected chi connectivity index (χ1v) is 8.43. The summed E-state index contributed by atoms with van der Waals surface area (Å²) in [6.07, 6.45) is 1.46. The summed E-state index contributed by atoms with van der Waals surface area (Å²) in [5.74, 6) is -0.340. The molecule has 0 bridgehead atoms. The fourth-order valence-electron chi connectivity index (χ4n) is 2.76. The van der Waals surface area contributed by atoms with Crippen LogP contribution >= 0.6 is 0 Å². The van der Waals surface area contributed by atoms with Crippen molar-refractivity contribution < 1.29 is 14.3 Å². The number of carbonyl (C=O) groups is 2. The lowest BCUT2D eigenvalue weighted by Gasteiger charge is -2.17. The first-order chi connectivity index (χ1) is 13.0. The molecule has 2 aromatic heterocycles. The number of rotatable bonds is 5. The van der Waals surface area contributed by atoms with E-state index in [-0.39, 0.29) is 0 Å². The van der Waals surface area contributed by atoms with Crippen LogP contribution in [0.2, 0.25) is 0 Å². The Hall–Kier alpha value is -3.48. The summed E-state index contributed by atoms with van der Waals surface area (Å²) in [4.78, 5) is 29.0. The molecule has 7 nitrogen and oxygen atoms in total. The van der Waals surface area contributed by atoms with E-state index < -0.39 is 17.9 Å². The zero-order chi connectivity index (χ0) is 19.4. The fraction of sp³-hybridized carbons (Fsp3) is 0.200. The van der Waals surface area contributed by atoms with Gasteiger partial charge in [0, 0.05) is 11.9 Å². The molecule has 7 heteroatoms. The summed E-state index contributed by atoms with van der Waals surface area (Å²) in [6.45, 7) is 3.84. The molecule has 1 atom stereocenters. The topological polar surface area (TPSA) is 86.1 Å². The van der Waals surface area contributed by atoms with Gasteiger partial charge >= 0.3 is 5.97 Å². The molecule has 27 heavy (non-hydrogen) atoms. The predicted molar refractivity (Wildman–Crippen MR) is 99.5 cm³/mol. The van der Waals surface area contributed by atoms with E-state index in [4.69, 9.17) is 4.74 Å². The van der Waals surface area contributed by atoms with Gasteiger partial charge in [-0.3, -0.25) is 4.79 Å². The molecule has 1 N–H and O–H groups in total. The average Bonchev–Trinajstić information content (AvgIpc) is 3.04. The van der Waals surface area contributed by atoms with Crippen LogP contribution in [0.4, 0.5) is 0 Å². The van der Waals surface area contributed by atoms with Gasteiger partial charge < -0.3 is 10.1 Å². The second-order valence-electron chi connectivity index (χ2n) is 6.08. The monoisotopic (exact) mass is 364 g/mol. The van der Waals surface area contributed by atoms with Crippen molar-refractivity contribution in [3.8, 4) is 5.82 Å². The number of amides is 1. The Kier molecular flexibility index (Phi) is 5.30. The van der Waals surface area contributed by atoms with Crippen LogP contribution in [0.3, 0.4) is 0 Å². The van der Waals surface area contributed by atoms with Crippen molar-refractivity contribution in [3.63, 3.8) is 0 Å². The average molecular weight is 364 g/mol. The van der Waals surface area contributed by atoms with Crippen LogP contribution in [0.5, 0.6) is 0 Å². The summed E-state index contributed by atoms with van der Waals surface area (Å²) in [6, 6.07) is 13.4. The van der Waals surface area contributed by atoms with Crippen LogP contribution in [-0.4, -0.2) is 33.8 Å². The summed E-state index contributed by atoms with van der Waals surface area (Å²) >= 11 is 0. The molecule has 0 fully saturated rings. The Balaban J connectivity index is 1.80. The smallest absolute Gasteiger partial charge is 0.333 e. The number of hydrogen-bond acceptors (Lipinski definition) is 5. The van der Waals surface area contributed by atoms with Crippen LogP contribution in [0.25, 0.3) is 5.82 Å². The zero-order valence-electron chi connectivity index (χ0n) is 15.3. The van der Waals surface area contributed by atoms with Crippen LogP contribution in [-0.2, 0) is 9.53 Å². The van der Waals surface area contributed by atoms with Crippen molar-refractivity contribution >= 4 is 11.9 Å². The fourth-order valence-corrected chi connectivity index (χ4v) is 2.76. The number of aryl methyl sites for hydroxylation is 2. The lowest BCUT2D eigenvalue weighted by molar-refractivity contribution is -0.143. The number of nitrogens with zero attached hydrogens (tertiary/aromatic N) is 3. The first kappa shape index (κ1) is 18.3. The minimum atomic E-state index is -0.889. The Morgan fingerprint density at radius 1 is 1.11 bits per heavy atom. The predicted octanol–water partition coefficient (Wildman–Crippen LogP) is 2.53. The SMILES string of the molecule is COC(=O)C(NC(=O)c1ccc(-n2nc(C)cc2C)nc1)c1ccccc1. The molecule has 138 valence electrons. The number of aromatic nitrogens is 3. The van der Waals surface area contributed by atoms with Crippen molar-refractivity contribution in [3.05, 3.63) is 77.2 Å². The molecule has 1 aromatic carbocycles. The van der Waals surface area contributed by atoms with Gasteiger partial charge in [-0.1, -0.05) is 30.3 Å². The minimum absolute atomic E-state index is 0.338. The van der Waals surface area contributed by atoms with E-state index in [1.54, 1.807) is 41.1 Å². The van der Waals surface area contributed by atoms with Crippen LogP contribution in [0, 0.1) is 13.8 Å². The highest BCUT2D eigenvalue weighted by Crippen LogP contribution is 2.16. The molecule has 0 aliphatic rings. The molecule has 3 aromatic rings. The number of ether oxygens (including phenoxy) is 1. The summed E-state index contributed by atoms with van der Waals surface area (Å²) in [7, 11) is 1.29. The van der Waals surface area contributed by atoms with Gasteiger partial charge in [0.15, 0.2) is 11.9 Å². The number of pyridine rings is 1. The van der Waals surface area contributed by atoms with Crippen LogP contribution < -0.4 is 5.32 Å². The maximum Gasteiger partial charge on any atom is 0.333 e. The van der Waals surface area contributed by atoms with E-state index in [2.05, 4.69) is 15.4 Å². The zero-order valence-corrected chi connectivity index (χ0v) is 15.3. The number of benzene rings is 1. The van der Waals surface area contributed by atoms with Gasteiger partial charge in [0.1, 0.15) is 0 Å². The summed E-state index contributed by atoms with van der Waals surface area (Å²) in [5, 5.41) is 7.07. The maximum absolute atomic E-state index is 12.6. The molecule has 0 saturated carbocycles. The van der Waals surface area contributed by atoms with E-state index in [0.717, 1.165) is 11.4 Å². The molecular weight excluding hydrogens is 344 g/mol. The highest BCUT2D eigenvalue weighted by molar-refractivity contribution is 5.96. The minimum Gasteiger partial charge on any atom is -0.467 e. The number of methoxy groups -OCH3 is 1. The molecule has 2 heterocycles. The largest absolute Gasteiger partial charge is 0.467 e. The second kappa shape index (κ2) is 7.82. The number of hydrogen-bond donors (Lipinski definition) is 1. The molecule has 0 aliphatic carbocycles. The lowest BCUT2D eigenvalue weighted by Crippen LogP contribution is -2.34. The van der Waals surface area contributed by atoms with E-state index >= 15 is 0 Å². The normalized spacial score (nSPS) is 11.7. The van der Waals surface area contributed by atoms with Crippen molar-refractivity contribution in [2.24, 2.45) is 0 Å². The Morgan fingerprint density at radius 3 is 2.41 bits per heavy atom. The van der Waals surface area contributed by atoms with Gasteiger partial charge in [-0.05, 0) is 37.6 Å².